The van der Waals surface area contributed by atoms with Gasteiger partial charge in [-0.1, -0.05) is 0 Å². The summed E-state index contributed by atoms with van der Waals surface area (Å²) in [7, 11) is 0. The minimum Gasteiger partial charge on any atom is -0.389 e. The number of aliphatic hydroxyl groups excluding tert-OH is 1. The van der Waals surface area contributed by atoms with Gasteiger partial charge in [-0.25, -0.2) is 0 Å². The smallest absolute Gasteiger partial charge is 0.0900 e. The molecule has 0 saturated carbocycles. The fourth-order valence-corrected chi connectivity index (χ4v) is 3.23. The zero-order valence-electron chi connectivity index (χ0n) is 12.6. The summed E-state index contributed by atoms with van der Waals surface area (Å²) < 4.78 is 5.46. The van der Waals surface area contributed by atoms with Crippen molar-refractivity contribution in [3.8, 4) is 0 Å². The summed E-state index contributed by atoms with van der Waals surface area (Å²) in [6.45, 7) is 10.1. The second-order valence-electron chi connectivity index (χ2n) is 6.31. The van der Waals surface area contributed by atoms with Crippen LogP contribution in [0.4, 0.5) is 0 Å². The first-order valence-corrected chi connectivity index (χ1v) is 7.91. The molecule has 0 radical (unpaired) electrons. The molecule has 4 nitrogen and oxygen atoms in total. The second kappa shape index (κ2) is 7.58. The first-order valence-electron chi connectivity index (χ1n) is 7.91. The number of hydrogen-bond donors (Lipinski definition) is 1. The number of rotatable bonds is 6. The van der Waals surface area contributed by atoms with Gasteiger partial charge in [0.15, 0.2) is 0 Å². The molecule has 2 aliphatic heterocycles. The molecule has 1 atom stereocenters. The van der Waals surface area contributed by atoms with Gasteiger partial charge in [-0.05, 0) is 65.7 Å². The Bertz CT molecular complexity index is 247. The van der Waals surface area contributed by atoms with E-state index in [4.69, 9.17) is 4.74 Å². The molecular formula is C15H30N2O2. The quantitative estimate of drug-likeness (QED) is 0.790. The maximum Gasteiger partial charge on any atom is 0.0900 e. The number of piperidine rings is 1. The van der Waals surface area contributed by atoms with Gasteiger partial charge >= 0.3 is 0 Å². The predicted molar refractivity (Wildman–Crippen MR) is 77.4 cm³/mol. The Labute approximate surface area is 117 Å². The molecule has 2 rings (SSSR count). The van der Waals surface area contributed by atoms with Crippen LogP contribution in [0.15, 0.2) is 0 Å². The molecule has 0 aliphatic carbocycles. The Morgan fingerprint density at radius 2 is 1.74 bits per heavy atom. The Hall–Kier alpha value is -0.160. The monoisotopic (exact) mass is 270 g/mol. The average Bonchev–Trinajstić information content (AvgIpc) is 2.91. The molecule has 0 aromatic heterocycles. The molecule has 0 aromatic rings. The first-order chi connectivity index (χ1) is 9.15. The van der Waals surface area contributed by atoms with Crippen LogP contribution in [0, 0.1) is 0 Å². The van der Waals surface area contributed by atoms with E-state index in [9.17, 15) is 5.11 Å². The number of likely N-dealkylation sites (tertiary alicyclic amines) is 2. The molecule has 4 heteroatoms. The van der Waals surface area contributed by atoms with E-state index >= 15 is 0 Å². The summed E-state index contributed by atoms with van der Waals surface area (Å²) in [5, 5.41) is 9.95. The van der Waals surface area contributed by atoms with E-state index in [1.807, 2.05) is 13.8 Å². The van der Waals surface area contributed by atoms with Crippen molar-refractivity contribution in [1.29, 1.82) is 0 Å². The number of hydrogen-bond acceptors (Lipinski definition) is 4. The van der Waals surface area contributed by atoms with Crippen LogP contribution >= 0.6 is 0 Å². The third-order valence-corrected chi connectivity index (χ3v) is 4.31. The summed E-state index contributed by atoms with van der Waals surface area (Å²) in [4.78, 5) is 5.05. The van der Waals surface area contributed by atoms with E-state index < -0.39 is 0 Å². The lowest BCUT2D eigenvalue weighted by Crippen LogP contribution is -2.46. The van der Waals surface area contributed by atoms with Crippen LogP contribution in [0.5, 0.6) is 0 Å². The van der Waals surface area contributed by atoms with Gasteiger partial charge in [-0.2, -0.15) is 0 Å². The van der Waals surface area contributed by atoms with Gasteiger partial charge in [0, 0.05) is 12.6 Å². The van der Waals surface area contributed by atoms with Gasteiger partial charge in [0.2, 0.25) is 0 Å². The summed E-state index contributed by atoms with van der Waals surface area (Å²) in [5.74, 6) is 0. The summed E-state index contributed by atoms with van der Waals surface area (Å²) in [6.07, 6.45) is 5.15. The SMILES string of the molecule is CC(C)OCC(O)CN1CCC(N2CCCC2)CC1. The van der Waals surface area contributed by atoms with Crippen LogP contribution in [0.25, 0.3) is 0 Å². The molecule has 112 valence electrons. The molecule has 0 aromatic carbocycles. The highest BCUT2D eigenvalue weighted by Crippen LogP contribution is 2.21. The third kappa shape index (κ3) is 5.03. The fraction of sp³-hybridized carbons (Fsp3) is 1.00. The Morgan fingerprint density at radius 1 is 1.11 bits per heavy atom. The van der Waals surface area contributed by atoms with Crippen LogP contribution < -0.4 is 0 Å². The molecule has 2 fully saturated rings. The van der Waals surface area contributed by atoms with Gasteiger partial charge in [-0.15, -0.1) is 0 Å². The van der Waals surface area contributed by atoms with E-state index in [1.165, 1.54) is 38.8 Å². The highest BCUT2D eigenvalue weighted by molar-refractivity contribution is 4.83. The molecule has 19 heavy (non-hydrogen) atoms. The molecule has 2 aliphatic rings. The Balaban J connectivity index is 1.62. The normalized spacial score (nSPS) is 25.3. The van der Waals surface area contributed by atoms with E-state index in [0.29, 0.717) is 6.61 Å². The van der Waals surface area contributed by atoms with Crippen LogP contribution in [-0.2, 0) is 4.74 Å². The molecule has 2 heterocycles. The van der Waals surface area contributed by atoms with Crippen LogP contribution in [0.3, 0.4) is 0 Å². The molecule has 1 unspecified atom stereocenters. The van der Waals surface area contributed by atoms with Crippen molar-refractivity contribution in [2.75, 3.05) is 39.3 Å². The highest BCUT2D eigenvalue weighted by Gasteiger charge is 2.26. The van der Waals surface area contributed by atoms with Gasteiger partial charge in [-0.3, -0.25) is 0 Å². The van der Waals surface area contributed by atoms with Crippen molar-refractivity contribution in [3.05, 3.63) is 0 Å². The van der Waals surface area contributed by atoms with E-state index in [1.54, 1.807) is 0 Å². The lowest BCUT2D eigenvalue weighted by Gasteiger charge is -2.37. The summed E-state index contributed by atoms with van der Waals surface area (Å²) >= 11 is 0. The summed E-state index contributed by atoms with van der Waals surface area (Å²) in [5.41, 5.74) is 0. The maximum absolute atomic E-state index is 9.95. The van der Waals surface area contributed by atoms with Gasteiger partial charge in [0.1, 0.15) is 0 Å². The van der Waals surface area contributed by atoms with Crippen molar-refractivity contribution < 1.29 is 9.84 Å². The van der Waals surface area contributed by atoms with Crippen LogP contribution in [-0.4, -0.2) is 72.5 Å². The van der Waals surface area contributed by atoms with Crippen molar-refractivity contribution in [1.82, 2.24) is 9.80 Å². The molecule has 0 spiro atoms. The minimum atomic E-state index is -0.342. The largest absolute Gasteiger partial charge is 0.389 e. The standard InChI is InChI=1S/C15H30N2O2/c1-13(2)19-12-15(18)11-16-9-5-14(6-10-16)17-7-3-4-8-17/h13-15,18H,3-12H2,1-2H3. The van der Waals surface area contributed by atoms with Crippen LogP contribution in [0.1, 0.15) is 39.5 Å². The third-order valence-electron chi connectivity index (χ3n) is 4.31. The minimum absolute atomic E-state index is 0.204. The second-order valence-corrected chi connectivity index (χ2v) is 6.31. The molecule has 0 amide bonds. The van der Waals surface area contributed by atoms with E-state index in [0.717, 1.165) is 25.7 Å². The van der Waals surface area contributed by atoms with Crippen molar-refractivity contribution in [3.63, 3.8) is 0 Å². The number of ether oxygens (including phenoxy) is 1. The molecule has 1 N–H and O–H groups in total. The predicted octanol–water partition coefficient (Wildman–Crippen LogP) is 1.33. The topological polar surface area (TPSA) is 35.9 Å². The Kier molecular flexibility index (Phi) is 6.07. The Morgan fingerprint density at radius 3 is 2.32 bits per heavy atom. The zero-order chi connectivity index (χ0) is 13.7. The first kappa shape index (κ1) is 15.2. The van der Waals surface area contributed by atoms with Crippen molar-refractivity contribution >= 4 is 0 Å². The van der Waals surface area contributed by atoms with Gasteiger partial charge in [0.05, 0.1) is 18.8 Å². The van der Waals surface area contributed by atoms with Crippen molar-refractivity contribution in [2.45, 2.75) is 57.8 Å². The van der Waals surface area contributed by atoms with Gasteiger partial charge < -0.3 is 19.6 Å². The van der Waals surface area contributed by atoms with Gasteiger partial charge in [0.25, 0.3) is 0 Å². The average molecular weight is 270 g/mol. The van der Waals surface area contributed by atoms with E-state index in [-0.39, 0.29) is 12.2 Å². The fourth-order valence-electron chi connectivity index (χ4n) is 3.23. The van der Waals surface area contributed by atoms with E-state index in [2.05, 4.69) is 9.80 Å². The zero-order valence-corrected chi connectivity index (χ0v) is 12.6. The summed E-state index contributed by atoms with van der Waals surface area (Å²) in [6, 6.07) is 0.794. The lowest BCUT2D eigenvalue weighted by atomic mass is 10.0. The molecular weight excluding hydrogens is 240 g/mol. The number of β-amino-alcohol motifs (C(OH)–C–C–N with tert-alkyl or cyclic N) is 1. The highest BCUT2D eigenvalue weighted by atomic mass is 16.5. The lowest BCUT2D eigenvalue weighted by molar-refractivity contribution is -0.0138. The van der Waals surface area contributed by atoms with Crippen LogP contribution in [0.2, 0.25) is 0 Å². The molecule has 0 bridgehead atoms. The number of nitrogens with zero attached hydrogens (tertiary/aromatic N) is 2. The number of aliphatic hydroxyl groups is 1. The molecule has 2 saturated heterocycles. The maximum atomic E-state index is 9.95. The van der Waals surface area contributed by atoms with Crippen molar-refractivity contribution in [2.24, 2.45) is 0 Å².